The zero-order valence-corrected chi connectivity index (χ0v) is 11.6. The van der Waals surface area contributed by atoms with E-state index in [4.69, 9.17) is 4.74 Å². The lowest BCUT2D eigenvalue weighted by molar-refractivity contribution is -0.110. The second-order valence-corrected chi connectivity index (χ2v) is 4.59. The molecule has 0 heterocycles. The van der Waals surface area contributed by atoms with Crippen LogP contribution in [0.2, 0.25) is 0 Å². The number of nitrogens with one attached hydrogen (secondary N) is 1. The molecule has 0 saturated heterocycles. The molecule has 22 heavy (non-hydrogen) atoms. The predicted octanol–water partition coefficient (Wildman–Crippen LogP) is 2.32. The van der Waals surface area contributed by atoms with Crippen molar-refractivity contribution in [2.24, 2.45) is 0 Å². The molecule has 4 nitrogen and oxygen atoms in total. The normalized spacial score (nSPS) is 11.8. The van der Waals surface area contributed by atoms with Gasteiger partial charge < -0.3 is 15.2 Å². The molecule has 0 radical (unpaired) electrons. The van der Waals surface area contributed by atoms with Gasteiger partial charge in [-0.15, -0.1) is 0 Å². The van der Waals surface area contributed by atoms with E-state index in [-0.39, 0.29) is 18.9 Å². The third kappa shape index (κ3) is 3.79. The van der Waals surface area contributed by atoms with Crippen molar-refractivity contribution in [3.63, 3.8) is 0 Å². The van der Waals surface area contributed by atoms with E-state index >= 15 is 0 Å². The number of aliphatic hydroxyl groups excluding tert-OH is 1. The molecular formula is C16H15F2NO3. The smallest absolute Gasteiger partial charge is 0.207 e. The average molecular weight is 307 g/mol. The number of aliphatic hydroxyl groups is 1. The van der Waals surface area contributed by atoms with Crippen molar-refractivity contribution in [2.45, 2.75) is 12.7 Å². The first-order valence-corrected chi connectivity index (χ1v) is 6.63. The van der Waals surface area contributed by atoms with Crippen LogP contribution in [-0.2, 0) is 11.4 Å². The number of halogens is 2. The zero-order valence-electron chi connectivity index (χ0n) is 11.6. The molecule has 1 atom stereocenters. The fraction of sp³-hybridized carbons (Fsp3) is 0.188. The Morgan fingerprint density at radius 2 is 1.91 bits per heavy atom. The van der Waals surface area contributed by atoms with Gasteiger partial charge in [-0.05, 0) is 17.7 Å². The molecule has 2 aromatic carbocycles. The van der Waals surface area contributed by atoms with Crippen LogP contribution in [0.1, 0.15) is 17.2 Å². The topological polar surface area (TPSA) is 58.6 Å². The van der Waals surface area contributed by atoms with Gasteiger partial charge in [0.15, 0.2) is 11.6 Å². The summed E-state index contributed by atoms with van der Waals surface area (Å²) in [6, 6.07) is 11.3. The quantitative estimate of drug-likeness (QED) is 0.772. The van der Waals surface area contributed by atoms with Gasteiger partial charge in [-0.1, -0.05) is 30.3 Å². The van der Waals surface area contributed by atoms with Crippen LogP contribution in [0.4, 0.5) is 8.78 Å². The van der Waals surface area contributed by atoms with E-state index in [2.05, 4.69) is 5.32 Å². The summed E-state index contributed by atoms with van der Waals surface area (Å²) < 4.78 is 33.3. The van der Waals surface area contributed by atoms with Gasteiger partial charge in [0.05, 0.1) is 5.56 Å². The summed E-state index contributed by atoms with van der Waals surface area (Å²) in [5, 5.41) is 11.9. The van der Waals surface area contributed by atoms with Crippen molar-refractivity contribution in [1.29, 1.82) is 0 Å². The van der Waals surface area contributed by atoms with Gasteiger partial charge in [-0.3, -0.25) is 4.79 Å². The lowest BCUT2D eigenvalue weighted by atomic mass is 10.1. The van der Waals surface area contributed by atoms with Crippen molar-refractivity contribution in [1.82, 2.24) is 5.32 Å². The van der Waals surface area contributed by atoms with Crippen LogP contribution < -0.4 is 10.1 Å². The highest BCUT2D eigenvalue weighted by Crippen LogP contribution is 2.28. The van der Waals surface area contributed by atoms with Crippen LogP contribution in [0.5, 0.6) is 5.75 Å². The molecule has 0 bridgehead atoms. The van der Waals surface area contributed by atoms with Crippen molar-refractivity contribution < 1.29 is 23.4 Å². The molecule has 2 N–H and O–H groups in total. The standard InChI is InChI=1S/C16H15F2NO3/c17-12-6-7-14(22-9-11-4-2-1-3-5-11)16(18)15(12)13(21)8-19-10-20/h1-7,10,13,21H,8-9H2,(H,19,20)/t13-/m0/s1. The maximum atomic E-state index is 14.3. The maximum absolute atomic E-state index is 14.3. The maximum Gasteiger partial charge on any atom is 0.207 e. The second kappa shape index (κ2) is 7.51. The Balaban J connectivity index is 2.17. The van der Waals surface area contributed by atoms with E-state index in [0.29, 0.717) is 6.41 Å². The first-order chi connectivity index (χ1) is 10.6. The number of carbonyl (C=O) groups is 1. The van der Waals surface area contributed by atoms with Crippen LogP contribution >= 0.6 is 0 Å². The number of hydrogen-bond donors (Lipinski definition) is 2. The molecule has 0 unspecified atom stereocenters. The van der Waals surface area contributed by atoms with Gasteiger partial charge >= 0.3 is 0 Å². The predicted molar refractivity (Wildman–Crippen MR) is 76.2 cm³/mol. The van der Waals surface area contributed by atoms with Crippen LogP contribution in [0, 0.1) is 11.6 Å². The Kier molecular flexibility index (Phi) is 5.43. The fourth-order valence-corrected chi connectivity index (χ4v) is 1.96. The summed E-state index contributed by atoms with van der Waals surface area (Å²) in [7, 11) is 0. The van der Waals surface area contributed by atoms with Gasteiger partial charge in [0.1, 0.15) is 18.5 Å². The van der Waals surface area contributed by atoms with E-state index in [0.717, 1.165) is 17.7 Å². The number of carbonyl (C=O) groups excluding carboxylic acids is 1. The summed E-state index contributed by atoms with van der Waals surface area (Å²) in [5.74, 6) is -2.04. The summed E-state index contributed by atoms with van der Waals surface area (Å²) in [6.07, 6.45) is -1.15. The molecule has 0 fully saturated rings. The minimum Gasteiger partial charge on any atom is -0.486 e. The van der Waals surface area contributed by atoms with E-state index in [9.17, 15) is 18.7 Å². The second-order valence-electron chi connectivity index (χ2n) is 4.59. The third-order valence-corrected chi connectivity index (χ3v) is 3.06. The summed E-state index contributed by atoms with van der Waals surface area (Å²) >= 11 is 0. The lowest BCUT2D eigenvalue weighted by Crippen LogP contribution is -2.21. The molecule has 1 amide bonds. The van der Waals surface area contributed by atoms with Gasteiger partial charge in [0.2, 0.25) is 6.41 Å². The molecule has 0 aliphatic rings. The first kappa shape index (κ1) is 15.9. The molecule has 2 rings (SSSR count). The van der Waals surface area contributed by atoms with Crippen LogP contribution in [0.15, 0.2) is 42.5 Å². The van der Waals surface area contributed by atoms with E-state index in [1.807, 2.05) is 30.3 Å². The van der Waals surface area contributed by atoms with Gasteiger partial charge in [-0.2, -0.15) is 0 Å². The molecule has 6 heteroatoms. The number of hydrogen-bond acceptors (Lipinski definition) is 3. The summed E-state index contributed by atoms with van der Waals surface area (Å²) in [6.45, 7) is -0.176. The van der Waals surface area contributed by atoms with E-state index in [1.54, 1.807) is 0 Å². The average Bonchev–Trinajstić information content (AvgIpc) is 2.53. The third-order valence-electron chi connectivity index (χ3n) is 3.06. The van der Waals surface area contributed by atoms with Crippen LogP contribution in [0.3, 0.4) is 0 Å². The van der Waals surface area contributed by atoms with E-state index < -0.39 is 23.3 Å². The number of amides is 1. The molecule has 2 aromatic rings. The van der Waals surface area contributed by atoms with Crippen LogP contribution in [-0.4, -0.2) is 18.1 Å². The SMILES string of the molecule is O=CNC[C@H](O)c1c(F)ccc(OCc2ccccc2)c1F. The summed E-state index contributed by atoms with van der Waals surface area (Å²) in [5.41, 5.74) is 0.302. The summed E-state index contributed by atoms with van der Waals surface area (Å²) in [4.78, 5) is 10.2. The molecule has 0 aliphatic carbocycles. The van der Waals surface area contributed by atoms with Gasteiger partial charge in [0, 0.05) is 6.54 Å². The Bertz CT molecular complexity index is 635. The molecule has 116 valence electrons. The zero-order chi connectivity index (χ0) is 15.9. The van der Waals surface area contributed by atoms with Crippen molar-refractivity contribution in [3.05, 3.63) is 65.2 Å². The molecule has 0 spiro atoms. The number of ether oxygens (including phenoxy) is 1. The monoisotopic (exact) mass is 307 g/mol. The van der Waals surface area contributed by atoms with Crippen molar-refractivity contribution in [2.75, 3.05) is 6.54 Å². The minimum atomic E-state index is -1.49. The molecule has 0 saturated carbocycles. The van der Waals surface area contributed by atoms with Gasteiger partial charge in [0.25, 0.3) is 0 Å². The number of rotatable bonds is 7. The molecule has 0 aromatic heterocycles. The Morgan fingerprint density at radius 1 is 1.18 bits per heavy atom. The Hall–Kier alpha value is -2.47. The largest absolute Gasteiger partial charge is 0.486 e. The highest BCUT2D eigenvalue weighted by Gasteiger charge is 2.21. The van der Waals surface area contributed by atoms with Crippen LogP contribution in [0.25, 0.3) is 0 Å². The highest BCUT2D eigenvalue weighted by molar-refractivity contribution is 5.46. The Morgan fingerprint density at radius 3 is 2.59 bits per heavy atom. The molecular weight excluding hydrogens is 292 g/mol. The van der Waals surface area contributed by atoms with Crippen molar-refractivity contribution in [3.8, 4) is 5.75 Å². The fourth-order valence-electron chi connectivity index (χ4n) is 1.96. The van der Waals surface area contributed by atoms with E-state index in [1.165, 1.54) is 0 Å². The van der Waals surface area contributed by atoms with Crippen molar-refractivity contribution >= 4 is 6.41 Å². The molecule has 0 aliphatic heterocycles. The Labute approximate surface area is 126 Å². The minimum absolute atomic E-state index is 0.117. The lowest BCUT2D eigenvalue weighted by Gasteiger charge is -2.15. The van der Waals surface area contributed by atoms with Gasteiger partial charge in [-0.25, -0.2) is 8.78 Å². The number of benzene rings is 2. The first-order valence-electron chi connectivity index (χ1n) is 6.63. The highest BCUT2D eigenvalue weighted by atomic mass is 19.1.